The summed E-state index contributed by atoms with van der Waals surface area (Å²) in [4.78, 5) is 32.8. The number of halogens is 1. The maximum atomic E-state index is 13.6. The van der Waals surface area contributed by atoms with Crippen LogP contribution in [0.25, 0.3) is 0 Å². The summed E-state index contributed by atoms with van der Waals surface area (Å²) in [7, 11) is 3.91. The van der Waals surface area contributed by atoms with Crippen LogP contribution in [0.1, 0.15) is 53.6 Å². The minimum Gasteiger partial charge on any atom is -0.493 e. The Labute approximate surface area is 231 Å². The van der Waals surface area contributed by atoms with Crippen LogP contribution in [-0.4, -0.2) is 79.7 Å². The molecule has 1 atom stereocenters. The highest BCUT2D eigenvalue weighted by Gasteiger charge is 2.41. The van der Waals surface area contributed by atoms with Crippen LogP contribution < -0.4 is 9.64 Å². The number of aryl methyl sites for hydroxylation is 2. The lowest BCUT2D eigenvalue weighted by Gasteiger charge is -2.43. The summed E-state index contributed by atoms with van der Waals surface area (Å²) < 4.78 is 6.34. The maximum absolute atomic E-state index is 13.6. The number of nitrogens with zero attached hydrogens (tertiary/aromatic N) is 3. The normalized spacial score (nSPS) is 20.4. The summed E-state index contributed by atoms with van der Waals surface area (Å²) in [5.74, 6) is 0.761. The second-order valence-electron chi connectivity index (χ2n) is 11.2. The van der Waals surface area contributed by atoms with E-state index in [9.17, 15) is 14.7 Å². The van der Waals surface area contributed by atoms with E-state index in [2.05, 4.69) is 0 Å². The first-order valence-electron chi connectivity index (χ1n) is 13.5. The molecule has 38 heavy (non-hydrogen) atoms. The van der Waals surface area contributed by atoms with Gasteiger partial charge in [0, 0.05) is 68.4 Å². The van der Waals surface area contributed by atoms with E-state index < -0.39 is 5.41 Å². The first-order chi connectivity index (χ1) is 18.1. The monoisotopic (exact) mass is 541 g/mol. The molecule has 0 bridgehead atoms. The van der Waals surface area contributed by atoms with E-state index in [1.54, 1.807) is 0 Å². The Morgan fingerprint density at radius 3 is 2.42 bits per heavy atom. The number of hydrogen-bond acceptors (Lipinski definition) is 5. The minimum absolute atomic E-state index is 0.0236. The number of benzene rings is 2. The predicted octanol–water partition coefficient (Wildman–Crippen LogP) is 4.70. The molecule has 1 unspecified atom stereocenters. The number of rotatable bonds is 7. The van der Waals surface area contributed by atoms with Crippen molar-refractivity contribution in [2.75, 3.05) is 51.8 Å². The lowest BCUT2D eigenvalue weighted by Crippen LogP contribution is -2.51. The van der Waals surface area contributed by atoms with Gasteiger partial charge >= 0.3 is 0 Å². The molecule has 8 heteroatoms. The standard InChI is InChI=1S/C30H40ClN3O4/c1-21-15-26(16-22(2)28(21)31)38-20-30(18-27(36)33-13-9-25(35)10-14-33)11-6-12-34(19-30)29(37)23-7-5-8-24(17-23)32(3)4/h5,7-8,15-17,25,35H,6,9-14,18-20H2,1-4H3. The van der Waals surface area contributed by atoms with Gasteiger partial charge in [-0.3, -0.25) is 9.59 Å². The smallest absolute Gasteiger partial charge is 0.253 e. The lowest BCUT2D eigenvalue weighted by atomic mass is 9.77. The quantitative estimate of drug-likeness (QED) is 0.550. The molecule has 2 amide bonds. The molecule has 2 fully saturated rings. The van der Waals surface area contributed by atoms with E-state index >= 15 is 0 Å². The number of aliphatic hydroxyl groups is 1. The van der Waals surface area contributed by atoms with Gasteiger partial charge in [0.25, 0.3) is 5.91 Å². The number of carbonyl (C=O) groups excluding carboxylic acids is 2. The molecule has 2 saturated heterocycles. The summed E-state index contributed by atoms with van der Waals surface area (Å²) in [5, 5.41) is 10.6. The van der Waals surface area contributed by atoms with Gasteiger partial charge in [-0.05, 0) is 81.0 Å². The zero-order valence-electron chi connectivity index (χ0n) is 23.0. The van der Waals surface area contributed by atoms with Crippen LogP contribution in [0, 0.1) is 19.3 Å². The molecule has 0 saturated carbocycles. The van der Waals surface area contributed by atoms with Crippen molar-refractivity contribution < 1.29 is 19.4 Å². The molecule has 2 aliphatic rings. The van der Waals surface area contributed by atoms with E-state index in [4.69, 9.17) is 16.3 Å². The molecule has 2 aliphatic heterocycles. The number of ether oxygens (including phenoxy) is 1. The van der Waals surface area contributed by atoms with Gasteiger partial charge < -0.3 is 24.5 Å². The summed E-state index contributed by atoms with van der Waals surface area (Å²) in [6.45, 7) is 6.46. The lowest BCUT2D eigenvalue weighted by molar-refractivity contribution is -0.137. The van der Waals surface area contributed by atoms with Crippen LogP contribution in [0.2, 0.25) is 5.02 Å². The van der Waals surface area contributed by atoms with E-state index in [0.29, 0.717) is 57.6 Å². The van der Waals surface area contributed by atoms with Crippen LogP contribution in [0.15, 0.2) is 36.4 Å². The molecule has 2 heterocycles. The van der Waals surface area contributed by atoms with Crippen LogP contribution in [0.4, 0.5) is 5.69 Å². The first-order valence-corrected chi connectivity index (χ1v) is 13.9. The summed E-state index contributed by atoms with van der Waals surface area (Å²) >= 11 is 6.36. The van der Waals surface area contributed by atoms with Crippen molar-refractivity contribution in [2.45, 2.75) is 52.1 Å². The Morgan fingerprint density at radius 2 is 1.76 bits per heavy atom. The molecular weight excluding hydrogens is 502 g/mol. The first kappa shape index (κ1) is 28.2. The molecule has 0 spiro atoms. The molecule has 4 rings (SSSR count). The topological polar surface area (TPSA) is 73.3 Å². The van der Waals surface area contributed by atoms with Crippen LogP contribution >= 0.6 is 11.6 Å². The molecule has 0 radical (unpaired) electrons. The third-order valence-electron chi connectivity index (χ3n) is 7.86. The van der Waals surface area contributed by atoms with E-state index in [1.165, 1.54) is 0 Å². The van der Waals surface area contributed by atoms with Crippen LogP contribution in [0.5, 0.6) is 5.75 Å². The zero-order chi connectivity index (χ0) is 27.4. The van der Waals surface area contributed by atoms with Gasteiger partial charge in [0.05, 0.1) is 12.7 Å². The fourth-order valence-electron chi connectivity index (χ4n) is 5.57. The van der Waals surface area contributed by atoms with Gasteiger partial charge in [-0.15, -0.1) is 0 Å². The number of amides is 2. The largest absolute Gasteiger partial charge is 0.493 e. The number of hydrogen-bond donors (Lipinski definition) is 1. The second-order valence-corrected chi connectivity index (χ2v) is 11.6. The molecular formula is C30H40ClN3O4. The summed E-state index contributed by atoms with van der Waals surface area (Å²) in [6.07, 6.45) is 2.76. The SMILES string of the molecule is Cc1cc(OCC2(CC(=O)N3CCC(O)CC3)CCCN(C(=O)c3cccc(N(C)C)c3)C2)cc(C)c1Cl. The maximum Gasteiger partial charge on any atom is 0.253 e. The van der Waals surface area contributed by atoms with Gasteiger partial charge in [0.1, 0.15) is 5.75 Å². The highest BCUT2D eigenvalue weighted by Crippen LogP contribution is 2.37. The average molecular weight is 542 g/mol. The fourth-order valence-corrected chi connectivity index (χ4v) is 5.68. The summed E-state index contributed by atoms with van der Waals surface area (Å²) in [5.41, 5.74) is 2.99. The minimum atomic E-state index is -0.512. The molecule has 1 N–H and O–H groups in total. The van der Waals surface area contributed by atoms with Crippen LogP contribution in [-0.2, 0) is 4.79 Å². The number of piperidine rings is 2. The van der Waals surface area contributed by atoms with Crippen molar-refractivity contribution in [3.8, 4) is 5.75 Å². The predicted molar refractivity (Wildman–Crippen MR) is 151 cm³/mol. The van der Waals surface area contributed by atoms with Gasteiger partial charge in [-0.2, -0.15) is 0 Å². The number of anilines is 1. The Balaban J connectivity index is 1.56. The molecule has 0 aliphatic carbocycles. The van der Waals surface area contributed by atoms with Crippen molar-refractivity contribution in [2.24, 2.45) is 5.41 Å². The van der Waals surface area contributed by atoms with Gasteiger partial charge in [0.2, 0.25) is 5.91 Å². The Morgan fingerprint density at radius 1 is 1.08 bits per heavy atom. The van der Waals surface area contributed by atoms with E-state index in [1.807, 2.05) is 79.0 Å². The third-order valence-corrected chi connectivity index (χ3v) is 8.45. The van der Waals surface area contributed by atoms with E-state index in [0.717, 1.165) is 40.4 Å². The highest BCUT2D eigenvalue weighted by molar-refractivity contribution is 6.32. The highest BCUT2D eigenvalue weighted by atomic mass is 35.5. The van der Waals surface area contributed by atoms with Gasteiger partial charge in [-0.25, -0.2) is 0 Å². The fraction of sp³-hybridized carbons (Fsp3) is 0.533. The van der Waals surface area contributed by atoms with Gasteiger partial charge in [0.15, 0.2) is 0 Å². The zero-order valence-corrected chi connectivity index (χ0v) is 23.8. The number of likely N-dealkylation sites (tertiary alicyclic amines) is 2. The molecule has 2 aromatic rings. The van der Waals surface area contributed by atoms with Gasteiger partial charge in [-0.1, -0.05) is 17.7 Å². The third kappa shape index (κ3) is 6.62. The molecule has 0 aromatic heterocycles. The summed E-state index contributed by atoms with van der Waals surface area (Å²) in [6, 6.07) is 11.5. The molecule has 2 aromatic carbocycles. The number of carbonyl (C=O) groups is 2. The second kappa shape index (κ2) is 12.0. The van der Waals surface area contributed by atoms with Crippen molar-refractivity contribution in [1.82, 2.24) is 9.80 Å². The Bertz CT molecular complexity index is 1140. The average Bonchev–Trinajstić information content (AvgIpc) is 2.90. The Kier molecular flexibility index (Phi) is 8.89. The molecule has 206 valence electrons. The molecule has 7 nitrogen and oxygen atoms in total. The van der Waals surface area contributed by atoms with Crippen molar-refractivity contribution in [3.63, 3.8) is 0 Å². The van der Waals surface area contributed by atoms with Crippen LogP contribution in [0.3, 0.4) is 0 Å². The van der Waals surface area contributed by atoms with Crippen molar-refractivity contribution in [3.05, 3.63) is 58.1 Å². The van der Waals surface area contributed by atoms with E-state index in [-0.39, 0.29) is 17.9 Å². The van der Waals surface area contributed by atoms with Crippen molar-refractivity contribution in [1.29, 1.82) is 0 Å². The van der Waals surface area contributed by atoms with Crippen molar-refractivity contribution >= 4 is 29.1 Å². The number of aliphatic hydroxyl groups excluding tert-OH is 1. The Hall–Kier alpha value is -2.77.